The Morgan fingerprint density at radius 2 is 1.77 bits per heavy atom. The van der Waals surface area contributed by atoms with Crippen LogP contribution >= 0.6 is 0 Å². The average Bonchev–Trinajstić information content (AvgIpc) is 3.22. The first kappa shape index (κ1) is 22.3. The number of carbonyl (C=O) groups is 2. The van der Waals surface area contributed by atoms with E-state index in [0.717, 1.165) is 16.7 Å². The zero-order valence-corrected chi connectivity index (χ0v) is 18.5. The molecule has 3 rings (SSSR count). The van der Waals surface area contributed by atoms with Crippen molar-refractivity contribution in [2.75, 3.05) is 14.2 Å². The van der Waals surface area contributed by atoms with Crippen LogP contribution in [-0.2, 0) is 20.7 Å². The Balaban J connectivity index is 2.00. The van der Waals surface area contributed by atoms with E-state index in [1.54, 1.807) is 43.7 Å². The summed E-state index contributed by atoms with van der Waals surface area (Å²) in [6, 6.07) is 12.9. The molecule has 0 saturated carbocycles. The van der Waals surface area contributed by atoms with Gasteiger partial charge in [-0.05, 0) is 73.9 Å². The minimum Gasteiger partial charge on any atom is -0.496 e. The summed E-state index contributed by atoms with van der Waals surface area (Å²) in [5.74, 6) is -0.165. The van der Waals surface area contributed by atoms with Gasteiger partial charge in [-0.25, -0.2) is 9.59 Å². The summed E-state index contributed by atoms with van der Waals surface area (Å²) in [5.41, 5.74) is 1.22. The molecular formula is C25H27NO5. The van der Waals surface area contributed by atoms with Gasteiger partial charge in [0.05, 0.1) is 19.8 Å². The predicted octanol–water partition coefficient (Wildman–Crippen LogP) is 4.41. The summed E-state index contributed by atoms with van der Waals surface area (Å²) in [4.78, 5) is 29.4. The lowest BCUT2D eigenvalue weighted by Crippen LogP contribution is -2.41. The molecule has 1 aliphatic heterocycles. The van der Waals surface area contributed by atoms with Crippen molar-refractivity contribution in [3.63, 3.8) is 0 Å². The lowest BCUT2D eigenvalue weighted by atomic mass is 9.89. The fourth-order valence-electron chi connectivity index (χ4n) is 3.42. The largest absolute Gasteiger partial charge is 0.496 e. The summed E-state index contributed by atoms with van der Waals surface area (Å²) < 4.78 is 16.0. The van der Waals surface area contributed by atoms with E-state index in [4.69, 9.17) is 14.2 Å². The maximum Gasteiger partial charge on any atom is 0.338 e. The molecule has 0 saturated heterocycles. The molecule has 0 amide bonds. The van der Waals surface area contributed by atoms with Crippen molar-refractivity contribution in [1.82, 2.24) is 0 Å². The molecule has 1 heterocycles. The van der Waals surface area contributed by atoms with Crippen molar-refractivity contribution in [2.24, 2.45) is 4.99 Å². The molecule has 162 valence electrons. The Hall–Kier alpha value is -3.41. The van der Waals surface area contributed by atoms with Crippen LogP contribution in [0.2, 0.25) is 0 Å². The van der Waals surface area contributed by atoms with Crippen molar-refractivity contribution < 1.29 is 23.8 Å². The third-order valence-electron chi connectivity index (χ3n) is 4.87. The molecule has 0 spiro atoms. The Bertz CT molecular complexity index is 1030. The number of nitrogens with zero attached hydrogens (tertiary/aromatic N) is 1. The Kier molecular flexibility index (Phi) is 6.29. The van der Waals surface area contributed by atoms with Crippen LogP contribution in [0.4, 0.5) is 0 Å². The van der Waals surface area contributed by atoms with Gasteiger partial charge >= 0.3 is 11.9 Å². The van der Waals surface area contributed by atoms with Crippen LogP contribution in [0.15, 0.2) is 59.6 Å². The molecule has 0 fully saturated rings. The number of methoxy groups -OCH3 is 2. The number of esters is 2. The van der Waals surface area contributed by atoms with E-state index in [0.29, 0.717) is 11.3 Å². The molecule has 0 aromatic heterocycles. The first-order valence-corrected chi connectivity index (χ1v) is 9.99. The van der Waals surface area contributed by atoms with Crippen LogP contribution in [0.25, 0.3) is 11.1 Å². The summed E-state index contributed by atoms with van der Waals surface area (Å²) in [6.07, 6.45) is 5.40. The maximum absolute atomic E-state index is 13.0. The van der Waals surface area contributed by atoms with Gasteiger partial charge in [0.2, 0.25) is 0 Å². The Morgan fingerprint density at radius 1 is 1.03 bits per heavy atom. The van der Waals surface area contributed by atoms with Gasteiger partial charge < -0.3 is 14.2 Å². The molecule has 31 heavy (non-hydrogen) atoms. The van der Waals surface area contributed by atoms with E-state index in [1.807, 2.05) is 45.0 Å². The van der Waals surface area contributed by atoms with Crippen LogP contribution in [0, 0.1) is 0 Å². The zero-order valence-electron chi connectivity index (χ0n) is 18.5. The number of ether oxygens (including phenoxy) is 3. The fraction of sp³-hybridized carbons (Fsp3) is 0.320. The SMILES string of the molecule is COC(=O)c1cccc(-c2ccc(OC)c(CC3(C(=O)OC(C)(C)C)C=CC=N3)c2)c1. The first-order valence-electron chi connectivity index (χ1n) is 9.99. The van der Waals surface area contributed by atoms with Crippen LogP contribution in [0.3, 0.4) is 0 Å². The van der Waals surface area contributed by atoms with Crippen LogP contribution in [0.5, 0.6) is 5.75 Å². The van der Waals surface area contributed by atoms with Gasteiger partial charge in [0, 0.05) is 12.6 Å². The van der Waals surface area contributed by atoms with E-state index in [9.17, 15) is 9.59 Å². The van der Waals surface area contributed by atoms with Gasteiger partial charge in [0.25, 0.3) is 0 Å². The number of allylic oxidation sites excluding steroid dienone is 1. The zero-order chi connectivity index (χ0) is 22.6. The van der Waals surface area contributed by atoms with Crippen molar-refractivity contribution in [2.45, 2.75) is 38.3 Å². The molecular weight excluding hydrogens is 394 g/mol. The van der Waals surface area contributed by atoms with E-state index in [1.165, 1.54) is 7.11 Å². The topological polar surface area (TPSA) is 74.2 Å². The predicted molar refractivity (Wildman–Crippen MR) is 120 cm³/mol. The number of hydrogen-bond acceptors (Lipinski definition) is 6. The standard InChI is InChI=1S/C25H27NO5/c1-24(2,3)31-23(28)25(12-7-13-26-25)16-20-15-18(10-11-21(20)29-4)17-8-6-9-19(14-17)22(27)30-5/h6-15H,16H2,1-5H3. The molecule has 0 N–H and O–H groups in total. The first-order chi connectivity index (χ1) is 14.7. The molecule has 1 aliphatic rings. The van der Waals surface area contributed by atoms with Crippen molar-refractivity contribution in [3.8, 4) is 16.9 Å². The van der Waals surface area contributed by atoms with E-state index in [2.05, 4.69) is 4.99 Å². The highest BCUT2D eigenvalue weighted by Gasteiger charge is 2.41. The summed E-state index contributed by atoms with van der Waals surface area (Å²) in [6.45, 7) is 5.49. The summed E-state index contributed by atoms with van der Waals surface area (Å²) in [7, 11) is 2.94. The molecule has 0 bridgehead atoms. The van der Waals surface area contributed by atoms with Crippen LogP contribution in [0.1, 0.15) is 36.7 Å². The van der Waals surface area contributed by atoms with Gasteiger partial charge in [0.15, 0.2) is 5.54 Å². The summed E-state index contributed by atoms with van der Waals surface area (Å²) in [5, 5.41) is 0. The molecule has 1 atom stereocenters. The molecule has 0 radical (unpaired) electrons. The maximum atomic E-state index is 13.0. The fourth-order valence-corrected chi connectivity index (χ4v) is 3.42. The van der Waals surface area contributed by atoms with Gasteiger partial charge in [-0.1, -0.05) is 18.2 Å². The second kappa shape index (κ2) is 8.76. The summed E-state index contributed by atoms with van der Waals surface area (Å²) >= 11 is 0. The molecule has 2 aromatic carbocycles. The lowest BCUT2D eigenvalue weighted by molar-refractivity contribution is -0.159. The second-order valence-electron chi connectivity index (χ2n) is 8.34. The van der Waals surface area contributed by atoms with E-state index < -0.39 is 23.1 Å². The van der Waals surface area contributed by atoms with Crippen molar-refractivity contribution in [1.29, 1.82) is 0 Å². The Morgan fingerprint density at radius 3 is 2.39 bits per heavy atom. The number of hydrogen-bond donors (Lipinski definition) is 0. The van der Waals surface area contributed by atoms with Crippen molar-refractivity contribution in [3.05, 3.63) is 65.7 Å². The number of rotatable bonds is 6. The highest BCUT2D eigenvalue weighted by atomic mass is 16.6. The smallest absolute Gasteiger partial charge is 0.338 e. The van der Waals surface area contributed by atoms with Crippen LogP contribution in [-0.4, -0.2) is 43.5 Å². The van der Waals surface area contributed by atoms with E-state index >= 15 is 0 Å². The number of benzene rings is 2. The Labute approximate surface area is 182 Å². The molecule has 1 unspecified atom stereocenters. The molecule has 6 nitrogen and oxygen atoms in total. The average molecular weight is 421 g/mol. The minimum atomic E-state index is -1.15. The second-order valence-corrected chi connectivity index (χ2v) is 8.34. The number of carbonyl (C=O) groups excluding carboxylic acids is 2. The normalized spacial score (nSPS) is 17.5. The lowest BCUT2D eigenvalue weighted by Gasteiger charge is -2.28. The number of aliphatic imine (C=N–C) groups is 1. The van der Waals surface area contributed by atoms with Gasteiger partial charge in [-0.2, -0.15) is 0 Å². The van der Waals surface area contributed by atoms with Gasteiger partial charge in [0.1, 0.15) is 11.4 Å². The molecule has 6 heteroatoms. The quantitative estimate of drug-likeness (QED) is 0.646. The van der Waals surface area contributed by atoms with Gasteiger partial charge in [-0.3, -0.25) is 4.99 Å². The van der Waals surface area contributed by atoms with E-state index in [-0.39, 0.29) is 6.42 Å². The monoisotopic (exact) mass is 421 g/mol. The van der Waals surface area contributed by atoms with Crippen molar-refractivity contribution >= 4 is 18.2 Å². The molecule has 0 aliphatic carbocycles. The highest BCUT2D eigenvalue weighted by Crippen LogP contribution is 2.34. The minimum absolute atomic E-state index is 0.280. The third-order valence-corrected chi connectivity index (χ3v) is 4.87. The molecule has 2 aromatic rings. The highest BCUT2D eigenvalue weighted by molar-refractivity contribution is 5.92. The van der Waals surface area contributed by atoms with Gasteiger partial charge in [-0.15, -0.1) is 0 Å². The third kappa shape index (κ3) is 5.02. The van der Waals surface area contributed by atoms with Crippen LogP contribution < -0.4 is 4.74 Å².